The van der Waals surface area contributed by atoms with E-state index in [2.05, 4.69) is 5.32 Å². The minimum Gasteiger partial charge on any atom is -0.486 e. The number of carbonyl (C=O) groups excluding carboxylic acids is 1. The summed E-state index contributed by atoms with van der Waals surface area (Å²) < 4.78 is 21.6. The molecule has 0 fully saturated rings. The van der Waals surface area contributed by atoms with Gasteiger partial charge in [0, 0.05) is 29.3 Å². The molecule has 2 aromatic carbocycles. The fraction of sp³-hybridized carbons (Fsp3) is 0.200. The molecule has 1 aliphatic heterocycles. The lowest BCUT2D eigenvalue weighted by molar-refractivity contribution is -0.118. The maximum Gasteiger partial charge on any atom is 0.336 e. The molecule has 0 saturated carbocycles. The second kappa shape index (κ2) is 7.03. The molecular formula is C20H17NO6. The van der Waals surface area contributed by atoms with Gasteiger partial charge in [-0.15, -0.1) is 0 Å². The van der Waals surface area contributed by atoms with Crippen LogP contribution in [0.15, 0.2) is 51.7 Å². The highest BCUT2D eigenvalue weighted by Crippen LogP contribution is 2.32. The van der Waals surface area contributed by atoms with Gasteiger partial charge in [0.2, 0.25) is 0 Å². The zero-order chi connectivity index (χ0) is 18.8. The van der Waals surface area contributed by atoms with Crippen LogP contribution in [0, 0.1) is 6.92 Å². The van der Waals surface area contributed by atoms with Gasteiger partial charge in [-0.3, -0.25) is 4.79 Å². The third kappa shape index (κ3) is 3.72. The molecule has 27 heavy (non-hydrogen) atoms. The number of anilines is 1. The molecule has 0 bridgehead atoms. The summed E-state index contributed by atoms with van der Waals surface area (Å²) in [5.41, 5.74) is 1.41. The van der Waals surface area contributed by atoms with Gasteiger partial charge in [0.15, 0.2) is 18.1 Å². The maximum absolute atomic E-state index is 12.1. The highest BCUT2D eigenvalue weighted by atomic mass is 16.6. The van der Waals surface area contributed by atoms with Crippen molar-refractivity contribution < 1.29 is 23.4 Å². The van der Waals surface area contributed by atoms with Gasteiger partial charge in [0.25, 0.3) is 5.91 Å². The van der Waals surface area contributed by atoms with E-state index in [1.165, 1.54) is 6.07 Å². The SMILES string of the molecule is Cc1cc(=O)oc2cc(OCC(=O)Nc3ccc4c(c3)OCCO4)ccc12. The number of aryl methyl sites for hydroxylation is 1. The van der Waals surface area contributed by atoms with Crippen LogP contribution in [0.4, 0.5) is 5.69 Å². The fourth-order valence-corrected chi connectivity index (χ4v) is 2.86. The molecule has 2 heterocycles. The van der Waals surface area contributed by atoms with Crippen LogP contribution in [0.3, 0.4) is 0 Å². The first kappa shape index (κ1) is 17.0. The van der Waals surface area contributed by atoms with E-state index in [1.807, 2.05) is 6.92 Å². The lowest BCUT2D eigenvalue weighted by atomic mass is 10.1. The Hall–Kier alpha value is -3.48. The van der Waals surface area contributed by atoms with Crippen LogP contribution in [0.2, 0.25) is 0 Å². The van der Waals surface area contributed by atoms with Crippen molar-refractivity contribution in [3.05, 3.63) is 58.4 Å². The van der Waals surface area contributed by atoms with Gasteiger partial charge in [-0.05, 0) is 36.8 Å². The molecule has 1 N–H and O–H groups in total. The van der Waals surface area contributed by atoms with Gasteiger partial charge in [-0.2, -0.15) is 0 Å². The number of benzene rings is 2. The minimum absolute atomic E-state index is 0.185. The van der Waals surface area contributed by atoms with Crippen molar-refractivity contribution in [2.75, 3.05) is 25.1 Å². The molecule has 0 spiro atoms. The number of carbonyl (C=O) groups is 1. The van der Waals surface area contributed by atoms with E-state index in [1.54, 1.807) is 36.4 Å². The largest absolute Gasteiger partial charge is 0.486 e. The average molecular weight is 367 g/mol. The molecule has 7 heteroatoms. The van der Waals surface area contributed by atoms with Gasteiger partial charge in [0.1, 0.15) is 24.5 Å². The summed E-state index contributed by atoms with van der Waals surface area (Å²) in [6.07, 6.45) is 0. The first-order valence-electron chi connectivity index (χ1n) is 8.45. The quantitative estimate of drug-likeness (QED) is 0.714. The minimum atomic E-state index is -0.423. The van der Waals surface area contributed by atoms with Crippen LogP contribution in [0.1, 0.15) is 5.56 Å². The topological polar surface area (TPSA) is 87.0 Å². The molecule has 3 aromatic rings. The summed E-state index contributed by atoms with van der Waals surface area (Å²) in [5.74, 6) is 1.37. The van der Waals surface area contributed by atoms with E-state index < -0.39 is 5.63 Å². The Morgan fingerprint density at radius 1 is 1.07 bits per heavy atom. The van der Waals surface area contributed by atoms with Crippen LogP contribution in [-0.4, -0.2) is 25.7 Å². The van der Waals surface area contributed by atoms with E-state index in [4.69, 9.17) is 18.6 Å². The fourth-order valence-electron chi connectivity index (χ4n) is 2.86. The Bertz CT molecular complexity index is 1070. The molecule has 0 atom stereocenters. The molecule has 1 aliphatic rings. The van der Waals surface area contributed by atoms with E-state index in [-0.39, 0.29) is 12.5 Å². The molecule has 4 rings (SSSR count). The van der Waals surface area contributed by atoms with Crippen LogP contribution in [0.25, 0.3) is 11.0 Å². The number of hydrogen-bond donors (Lipinski definition) is 1. The van der Waals surface area contributed by atoms with Crippen molar-refractivity contribution in [2.24, 2.45) is 0 Å². The summed E-state index contributed by atoms with van der Waals surface area (Å²) in [7, 11) is 0. The molecule has 1 amide bonds. The van der Waals surface area contributed by atoms with Crippen molar-refractivity contribution >= 4 is 22.6 Å². The predicted molar refractivity (Wildman–Crippen MR) is 98.8 cm³/mol. The zero-order valence-corrected chi connectivity index (χ0v) is 14.6. The summed E-state index contributed by atoms with van der Waals surface area (Å²) in [5, 5.41) is 3.57. The number of rotatable bonds is 4. The number of amides is 1. The second-order valence-electron chi connectivity index (χ2n) is 6.10. The Balaban J connectivity index is 1.42. The molecule has 0 radical (unpaired) electrons. The number of hydrogen-bond acceptors (Lipinski definition) is 6. The third-order valence-electron chi connectivity index (χ3n) is 4.12. The van der Waals surface area contributed by atoms with Crippen molar-refractivity contribution in [3.8, 4) is 17.2 Å². The van der Waals surface area contributed by atoms with Gasteiger partial charge in [-0.1, -0.05) is 0 Å². The van der Waals surface area contributed by atoms with E-state index >= 15 is 0 Å². The standard InChI is InChI=1S/C20H17NO6/c1-12-8-20(23)27-17-10-14(3-4-15(12)17)26-11-19(22)21-13-2-5-16-18(9-13)25-7-6-24-16/h2-5,8-10H,6-7,11H2,1H3,(H,21,22). The smallest absolute Gasteiger partial charge is 0.336 e. The Labute approximate surface area is 154 Å². The van der Waals surface area contributed by atoms with Gasteiger partial charge in [0.05, 0.1) is 0 Å². The van der Waals surface area contributed by atoms with Crippen LogP contribution >= 0.6 is 0 Å². The van der Waals surface area contributed by atoms with Crippen molar-refractivity contribution in [1.82, 2.24) is 0 Å². The lowest BCUT2D eigenvalue weighted by Gasteiger charge is -2.19. The summed E-state index contributed by atoms with van der Waals surface area (Å²) in [6.45, 7) is 2.64. The summed E-state index contributed by atoms with van der Waals surface area (Å²) >= 11 is 0. The van der Waals surface area contributed by atoms with Gasteiger partial charge in [-0.25, -0.2) is 4.79 Å². The first-order chi connectivity index (χ1) is 13.1. The van der Waals surface area contributed by atoms with Crippen LogP contribution < -0.4 is 25.2 Å². The molecule has 0 aliphatic carbocycles. The third-order valence-corrected chi connectivity index (χ3v) is 4.12. The first-order valence-corrected chi connectivity index (χ1v) is 8.45. The molecular weight excluding hydrogens is 350 g/mol. The summed E-state index contributed by atoms with van der Waals surface area (Å²) in [4.78, 5) is 23.6. The van der Waals surface area contributed by atoms with Crippen LogP contribution in [-0.2, 0) is 4.79 Å². The number of ether oxygens (including phenoxy) is 3. The molecule has 0 unspecified atom stereocenters. The highest BCUT2D eigenvalue weighted by Gasteiger charge is 2.13. The Morgan fingerprint density at radius 3 is 2.74 bits per heavy atom. The second-order valence-corrected chi connectivity index (χ2v) is 6.10. The Kier molecular flexibility index (Phi) is 4.42. The van der Waals surface area contributed by atoms with Gasteiger partial charge >= 0.3 is 5.63 Å². The van der Waals surface area contributed by atoms with Crippen LogP contribution in [0.5, 0.6) is 17.2 Å². The normalized spacial score (nSPS) is 12.6. The Morgan fingerprint density at radius 2 is 1.89 bits per heavy atom. The van der Waals surface area contributed by atoms with Crippen molar-refractivity contribution in [2.45, 2.75) is 6.92 Å². The molecule has 7 nitrogen and oxygen atoms in total. The molecule has 0 saturated heterocycles. The molecule has 1 aromatic heterocycles. The number of nitrogens with one attached hydrogen (secondary N) is 1. The number of fused-ring (bicyclic) bond motifs is 2. The maximum atomic E-state index is 12.1. The predicted octanol–water partition coefficient (Wildman–Crippen LogP) is 2.89. The monoisotopic (exact) mass is 367 g/mol. The average Bonchev–Trinajstić information content (AvgIpc) is 2.66. The van der Waals surface area contributed by atoms with E-state index in [0.29, 0.717) is 41.7 Å². The van der Waals surface area contributed by atoms with E-state index in [0.717, 1.165) is 10.9 Å². The van der Waals surface area contributed by atoms with Crippen molar-refractivity contribution in [1.29, 1.82) is 0 Å². The highest BCUT2D eigenvalue weighted by molar-refractivity contribution is 5.92. The van der Waals surface area contributed by atoms with Gasteiger partial charge < -0.3 is 23.9 Å². The van der Waals surface area contributed by atoms with Crippen molar-refractivity contribution in [3.63, 3.8) is 0 Å². The summed E-state index contributed by atoms with van der Waals surface area (Å²) in [6, 6.07) is 11.7. The zero-order valence-electron chi connectivity index (χ0n) is 14.6. The molecule has 138 valence electrons. The lowest BCUT2D eigenvalue weighted by Crippen LogP contribution is -2.20. The van der Waals surface area contributed by atoms with E-state index in [9.17, 15) is 9.59 Å².